The van der Waals surface area contributed by atoms with Gasteiger partial charge in [0.25, 0.3) is 5.91 Å². The molecule has 1 heterocycles. The third-order valence-electron chi connectivity index (χ3n) is 5.39. The lowest BCUT2D eigenvalue weighted by Gasteiger charge is -2.33. The number of benzene rings is 2. The summed E-state index contributed by atoms with van der Waals surface area (Å²) < 4.78 is 38.0. The number of nitrogens with zero attached hydrogens (tertiary/aromatic N) is 1. The Kier molecular flexibility index (Phi) is 7.20. The highest BCUT2D eigenvalue weighted by Gasteiger charge is 2.30. The molecule has 0 bridgehead atoms. The van der Waals surface area contributed by atoms with Crippen LogP contribution >= 0.6 is 0 Å². The van der Waals surface area contributed by atoms with Gasteiger partial charge in [-0.25, -0.2) is 4.79 Å². The summed E-state index contributed by atoms with van der Waals surface area (Å²) in [6.07, 6.45) is -2.55. The van der Waals surface area contributed by atoms with Crippen molar-refractivity contribution in [3.8, 4) is 0 Å². The van der Waals surface area contributed by atoms with Crippen LogP contribution < -0.4 is 10.6 Å². The van der Waals surface area contributed by atoms with Gasteiger partial charge in [-0.3, -0.25) is 4.79 Å². The summed E-state index contributed by atoms with van der Waals surface area (Å²) in [5, 5.41) is 5.57. The predicted molar refractivity (Wildman–Crippen MR) is 112 cm³/mol. The molecule has 1 aliphatic rings. The number of nitrogens with one attached hydrogen (secondary N) is 2. The molecule has 1 atom stereocenters. The maximum absolute atomic E-state index is 12.7. The summed E-state index contributed by atoms with van der Waals surface area (Å²) in [6.45, 7) is 3.91. The highest BCUT2D eigenvalue weighted by atomic mass is 19.4. The lowest BCUT2D eigenvalue weighted by Crippen LogP contribution is -2.44. The van der Waals surface area contributed by atoms with Crippen molar-refractivity contribution < 1.29 is 22.8 Å². The lowest BCUT2D eigenvalue weighted by atomic mass is 9.89. The largest absolute Gasteiger partial charge is 0.416 e. The van der Waals surface area contributed by atoms with Gasteiger partial charge in [0.15, 0.2) is 0 Å². The number of urea groups is 1. The molecule has 31 heavy (non-hydrogen) atoms. The van der Waals surface area contributed by atoms with Crippen LogP contribution in [0.2, 0.25) is 0 Å². The second kappa shape index (κ2) is 9.85. The third kappa shape index (κ3) is 5.99. The molecule has 8 heteroatoms. The minimum Gasteiger partial charge on any atom is -0.348 e. The summed E-state index contributed by atoms with van der Waals surface area (Å²) in [5.41, 5.74) is 1.35. The van der Waals surface area contributed by atoms with Gasteiger partial charge in [-0.05, 0) is 55.2 Å². The molecular formula is C23H26F3N3O2. The molecule has 2 aromatic rings. The first-order valence-corrected chi connectivity index (χ1v) is 10.3. The molecule has 1 saturated heterocycles. The number of piperidine rings is 1. The molecule has 0 aliphatic carbocycles. The molecule has 3 rings (SSSR count). The Bertz CT molecular complexity index is 913. The number of carbonyl (C=O) groups excluding carboxylic acids is 2. The van der Waals surface area contributed by atoms with Crippen LogP contribution in [0.3, 0.4) is 0 Å². The van der Waals surface area contributed by atoms with Crippen molar-refractivity contribution in [1.29, 1.82) is 0 Å². The van der Waals surface area contributed by atoms with E-state index in [9.17, 15) is 22.8 Å². The zero-order chi connectivity index (χ0) is 22.4. The second-order valence-electron chi connectivity index (χ2n) is 7.62. The van der Waals surface area contributed by atoms with Crippen LogP contribution in [0.15, 0.2) is 48.5 Å². The van der Waals surface area contributed by atoms with Crippen LogP contribution in [0.1, 0.15) is 52.7 Å². The highest BCUT2D eigenvalue weighted by Crippen LogP contribution is 2.29. The van der Waals surface area contributed by atoms with Gasteiger partial charge in [0.2, 0.25) is 0 Å². The topological polar surface area (TPSA) is 61.4 Å². The van der Waals surface area contributed by atoms with E-state index in [1.54, 1.807) is 11.0 Å². The van der Waals surface area contributed by atoms with Gasteiger partial charge in [0, 0.05) is 37.7 Å². The number of halogens is 3. The van der Waals surface area contributed by atoms with Gasteiger partial charge in [0.05, 0.1) is 5.56 Å². The normalized spacial score (nSPS) is 16.6. The molecule has 0 aromatic heterocycles. The first kappa shape index (κ1) is 22.7. The Labute approximate surface area is 179 Å². The second-order valence-corrected chi connectivity index (χ2v) is 7.62. The smallest absolute Gasteiger partial charge is 0.348 e. The van der Waals surface area contributed by atoms with E-state index >= 15 is 0 Å². The number of alkyl halides is 3. The first-order valence-electron chi connectivity index (χ1n) is 10.3. The average Bonchev–Trinajstić information content (AvgIpc) is 2.77. The van der Waals surface area contributed by atoms with Crippen LogP contribution in [-0.4, -0.2) is 36.5 Å². The molecule has 0 saturated carbocycles. The summed E-state index contributed by atoms with van der Waals surface area (Å²) in [4.78, 5) is 26.5. The zero-order valence-corrected chi connectivity index (χ0v) is 17.3. The van der Waals surface area contributed by atoms with Gasteiger partial charge in [0.1, 0.15) is 0 Å². The van der Waals surface area contributed by atoms with Crippen LogP contribution in [0.5, 0.6) is 0 Å². The Balaban J connectivity index is 1.61. The molecular weight excluding hydrogens is 407 g/mol. The van der Waals surface area contributed by atoms with Crippen molar-refractivity contribution in [2.75, 3.05) is 19.6 Å². The lowest BCUT2D eigenvalue weighted by molar-refractivity contribution is -0.137. The van der Waals surface area contributed by atoms with Gasteiger partial charge in [-0.15, -0.1) is 0 Å². The van der Waals surface area contributed by atoms with E-state index in [4.69, 9.17) is 0 Å². The first-order chi connectivity index (χ1) is 14.8. The molecule has 2 aromatic carbocycles. The Morgan fingerprint density at radius 2 is 1.84 bits per heavy atom. The van der Waals surface area contributed by atoms with E-state index < -0.39 is 11.7 Å². The van der Waals surface area contributed by atoms with Crippen LogP contribution in [0.4, 0.5) is 18.0 Å². The van der Waals surface area contributed by atoms with E-state index in [2.05, 4.69) is 10.6 Å². The third-order valence-corrected chi connectivity index (χ3v) is 5.39. The maximum atomic E-state index is 12.7. The minimum atomic E-state index is -4.38. The molecule has 0 spiro atoms. The number of carbonyl (C=O) groups is 2. The molecule has 3 amide bonds. The number of amides is 3. The van der Waals surface area contributed by atoms with E-state index in [1.807, 2.05) is 25.1 Å². The molecule has 166 valence electrons. The summed E-state index contributed by atoms with van der Waals surface area (Å²) in [7, 11) is 0. The van der Waals surface area contributed by atoms with Gasteiger partial charge in [-0.1, -0.05) is 24.3 Å². The van der Waals surface area contributed by atoms with E-state index in [-0.39, 0.29) is 24.4 Å². The van der Waals surface area contributed by atoms with E-state index in [1.165, 1.54) is 12.1 Å². The SMILES string of the molecule is CCNC(=O)N1CCC[C@@H](c2cccc(C(=O)NCc3ccc(C(F)(F)F)cc3)c2)C1. The van der Waals surface area contributed by atoms with Crippen LogP contribution in [0, 0.1) is 0 Å². The average molecular weight is 433 g/mol. The van der Waals surface area contributed by atoms with Crippen molar-refractivity contribution in [3.05, 3.63) is 70.8 Å². The molecule has 1 aliphatic heterocycles. The molecule has 5 nitrogen and oxygen atoms in total. The number of likely N-dealkylation sites (tertiary alicyclic amines) is 1. The standard InChI is InChI=1S/C23H26F3N3O2/c1-2-27-22(31)29-12-4-7-19(15-29)17-5-3-6-18(13-17)21(30)28-14-16-8-10-20(11-9-16)23(24,25)26/h3,5-6,8-11,13,19H,2,4,7,12,14-15H2,1H3,(H,27,31)(H,28,30)/t19-/m1/s1. The fourth-order valence-corrected chi connectivity index (χ4v) is 3.73. The van der Waals surface area contributed by atoms with E-state index in [0.29, 0.717) is 24.2 Å². The number of rotatable bonds is 5. The van der Waals surface area contributed by atoms with Crippen molar-refractivity contribution in [2.45, 2.75) is 38.4 Å². The quantitative estimate of drug-likeness (QED) is 0.727. The summed E-state index contributed by atoms with van der Waals surface area (Å²) in [6, 6.07) is 12.0. The fraction of sp³-hybridized carbons (Fsp3) is 0.391. The maximum Gasteiger partial charge on any atom is 0.416 e. The van der Waals surface area contributed by atoms with Crippen molar-refractivity contribution in [3.63, 3.8) is 0 Å². The number of hydrogen-bond acceptors (Lipinski definition) is 2. The molecule has 0 radical (unpaired) electrons. The highest BCUT2D eigenvalue weighted by molar-refractivity contribution is 5.94. The Morgan fingerprint density at radius 3 is 2.52 bits per heavy atom. The predicted octanol–water partition coefficient (Wildman–Crippen LogP) is 4.54. The van der Waals surface area contributed by atoms with Gasteiger partial charge in [-0.2, -0.15) is 13.2 Å². The van der Waals surface area contributed by atoms with Crippen molar-refractivity contribution in [2.24, 2.45) is 0 Å². The summed E-state index contributed by atoms with van der Waals surface area (Å²) >= 11 is 0. The van der Waals surface area contributed by atoms with Crippen LogP contribution in [-0.2, 0) is 12.7 Å². The molecule has 2 N–H and O–H groups in total. The zero-order valence-electron chi connectivity index (χ0n) is 17.3. The molecule has 1 fully saturated rings. The number of hydrogen-bond donors (Lipinski definition) is 2. The van der Waals surface area contributed by atoms with Gasteiger partial charge < -0.3 is 15.5 Å². The molecule has 0 unspecified atom stereocenters. The van der Waals surface area contributed by atoms with E-state index in [0.717, 1.165) is 37.1 Å². The Morgan fingerprint density at radius 1 is 1.10 bits per heavy atom. The Hall–Kier alpha value is -3.03. The van der Waals surface area contributed by atoms with Crippen LogP contribution in [0.25, 0.3) is 0 Å². The minimum absolute atomic E-state index is 0.0716. The summed E-state index contributed by atoms with van der Waals surface area (Å²) in [5.74, 6) is -0.142. The van der Waals surface area contributed by atoms with Crippen molar-refractivity contribution >= 4 is 11.9 Å². The monoisotopic (exact) mass is 433 g/mol. The van der Waals surface area contributed by atoms with Gasteiger partial charge >= 0.3 is 12.2 Å². The van der Waals surface area contributed by atoms with Crippen molar-refractivity contribution in [1.82, 2.24) is 15.5 Å². The fourth-order valence-electron chi connectivity index (χ4n) is 3.73.